The molecule has 5 nitrogen and oxygen atoms in total. The molecule has 1 aromatic rings. The maximum absolute atomic E-state index is 11.9. The van der Waals surface area contributed by atoms with E-state index in [9.17, 15) is 14.7 Å². The van der Waals surface area contributed by atoms with Crippen LogP contribution in [0, 0.1) is 0 Å². The number of aliphatic hydroxyl groups is 1. The van der Waals surface area contributed by atoms with Gasteiger partial charge < -0.3 is 15.3 Å². The lowest BCUT2D eigenvalue weighted by atomic mass is 10.0. The molecule has 1 aromatic carbocycles. The Morgan fingerprint density at radius 2 is 2.24 bits per heavy atom. The van der Waals surface area contributed by atoms with E-state index in [1.165, 1.54) is 0 Å². The van der Waals surface area contributed by atoms with E-state index in [2.05, 4.69) is 5.32 Å². The van der Waals surface area contributed by atoms with Crippen molar-refractivity contribution < 1.29 is 14.7 Å². The Labute approximate surface area is 125 Å². The third kappa shape index (κ3) is 4.29. The van der Waals surface area contributed by atoms with Crippen molar-refractivity contribution in [1.29, 1.82) is 0 Å². The molecule has 0 bridgehead atoms. The van der Waals surface area contributed by atoms with E-state index in [0.29, 0.717) is 19.4 Å². The van der Waals surface area contributed by atoms with Crippen molar-refractivity contribution in [3.63, 3.8) is 0 Å². The molecule has 1 aliphatic rings. The molecule has 114 valence electrons. The first-order chi connectivity index (χ1) is 9.95. The molecule has 1 aliphatic heterocycles. The summed E-state index contributed by atoms with van der Waals surface area (Å²) in [6.45, 7) is 2.04. The summed E-state index contributed by atoms with van der Waals surface area (Å²) in [5, 5.41) is 12.1. The summed E-state index contributed by atoms with van der Waals surface area (Å²) < 4.78 is 0. The van der Waals surface area contributed by atoms with E-state index in [0.717, 1.165) is 29.7 Å². The normalized spacial score (nSPS) is 14.5. The molecule has 0 saturated carbocycles. The van der Waals surface area contributed by atoms with Crippen molar-refractivity contribution >= 4 is 17.5 Å². The van der Waals surface area contributed by atoms with Gasteiger partial charge in [-0.05, 0) is 37.0 Å². The molecule has 0 aliphatic carbocycles. The first-order valence-corrected chi connectivity index (χ1v) is 7.29. The third-order valence-corrected chi connectivity index (χ3v) is 3.61. The van der Waals surface area contributed by atoms with E-state index in [1.807, 2.05) is 18.2 Å². The summed E-state index contributed by atoms with van der Waals surface area (Å²) in [5.41, 5.74) is 3.09. The van der Waals surface area contributed by atoms with Gasteiger partial charge in [0, 0.05) is 25.7 Å². The fourth-order valence-electron chi connectivity index (χ4n) is 2.57. The highest BCUT2D eigenvalue weighted by Crippen LogP contribution is 2.24. The van der Waals surface area contributed by atoms with Crippen LogP contribution in [0.15, 0.2) is 18.2 Å². The Kier molecular flexibility index (Phi) is 4.96. The van der Waals surface area contributed by atoms with Crippen LogP contribution >= 0.6 is 0 Å². The number of anilines is 1. The fourth-order valence-corrected chi connectivity index (χ4v) is 2.57. The molecule has 2 N–H and O–H groups in total. The van der Waals surface area contributed by atoms with E-state index >= 15 is 0 Å². The molecule has 2 rings (SSSR count). The Hall–Kier alpha value is -1.88. The zero-order valence-corrected chi connectivity index (χ0v) is 12.6. The molecule has 0 fully saturated rings. The number of carbonyl (C=O) groups is 2. The molecule has 1 heterocycles. The smallest absolute Gasteiger partial charge is 0.228 e. The number of nitrogens with zero attached hydrogens (tertiary/aromatic N) is 1. The molecule has 2 amide bonds. The van der Waals surface area contributed by atoms with Gasteiger partial charge in [-0.25, -0.2) is 0 Å². The minimum atomic E-state index is -0.499. The molecular formula is C16H22N2O3. The van der Waals surface area contributed by atoms with Crippen LogP contribution in [0.2, 0.25) is 0 Å². The van der Waals surface area contributed by atoms with Crippen molar-refractivity contribution in [2.45, 2.75) is 38.7 Å². The Bertz CT molecular complexity index is 540. The average Bonchev–Trinajstić information content (AvgIpc) is 2.77. The summed E-state index contributed by atoms with van der Waals surface area (Å²) in [5.74, 6) is 0.0889. The summed E-state index contributed by atoms with van der Waals surface area (Å²) in [6, 6.07) is 5.96. The number of amides is 2. The van der Waals surface area contributed by atoms with E-state index < -0.39 is 6.10 Å². The highest BCUT2D eigenvalue weighted by molar-refractivity contribution is 5.99. The number of likely N-dealkylation sites (N-methyl/N-ethyl adjacent to an activating group) is 1. The van der Waals surface area contributed by atoms with Crippen LogP contribution in [0.5, 0.6) is 0 Å². The van der Waals surface area contributed by atoms with E-state index in [4.69, 9.17) is 0 Å². The number of aliphatic hydroxyl groups excluding tert-OH is 1. The number of carbonyl (C=O) groups excluding carboxylic acids is 2. The van der Waals surface area contributed by atoms with Crippen molar-refractivity contribution in [3.8, 4) is 0 Å². The number of aryl methyl sites for hydroxylation is 1. The van der Waals surface area contributed by atoms with E-state index in [-0.39, 0.29) is 11.8 Å². The zero-order chi connectivity index (χ0) is 15.4. The van der Waals surface area contributed by atoms with Gasteiger partial charge in [-0.2, -0.15) is 0 Å². The second-order valence-electron chi connectivity index (χ2n) is 5.69. The zero-order valence-electron chi connectivity index (χ0n) is 12.6. The largest absolute Gasteiger partial charge is 0.392 e. The van der Waals surface area contributed by atoms with Crippen molar-refractivity contribution in [2.75, 3.05) is 18.9 Å². The Morgan fingerprint density at radius 3 is 2.95 bits per heavy atom. The fraction of sp³-hybridized carbons (Fsp3) is 0.500. The maximum Gasteiger partial charge on any atom is 0.228 e. The minimum Gasteiger partial charge on any atom is -0.392 e. The number of rotatable bonds is 6. The highest BCUT2D eigenvalue weighted by Gasteiger charge is 2.17. The van der Waals surface area contributed by atoms with Crippen LogP contribution in [0.1, 0.15) is 30.9 Å². The first kappa shape index (κ1) is 15.5. The van der Waals surface area contributed by atoms with Crippen LogP contribution in [-0.2, 0) is 22.4 Å². The van der Waals surface area contributed by atoms with Gasteiger partial charge in [0.25, 0.3) is 0 Å². The molecule has 0 aromatic heterocycles. The van der Waals surface area contributed by atoms with Crippen LogP contribution in [0.25, 0.3) is 0 Å². The molecule has 0 spiro atoms. The van der Waals surface area contributed by atoms with Gasteiger partial charge in [-0.3, -0.25) is 9.59 Å². The third-order valence-electron chi connectivity index (χ3n) is 3.61. The Morgan fingerprint density at radius 1 is 1.48 bits per heavy atom. The highest BCUT2D eigenvalue weighted by atomic mass is 16.3. The number of benzene rings is 1. The molecule has 0 saturated heterocycles. The van der Waals surface area contributed by atoms with Gasteiger partial charge in [-0.15, -0.1) is 0 Å². The number of nitrogens with one attached hydrogen (secondary N) is 1. The second kappa shape index (κ2) is 6.72. The van der Waals surface area contributed by atoms with Crippen molar-refractivity contribution in [3.05, 3.63) is 29.3 Å². The maximum atomic E-state index is 11.9. The number of hydrogen-bond acceptors (Lipinski definition) is 3. The van der Waals surface area contributed by atoms with Gasteiger partial charge in [0.2, 0.25) is 11.8 Å². The lowest BCUT2D eigenvalue weighted by Crippen LogP contribution is -2.32. The predicted octanol–water partition coefficient (Wildman–Crippen LogP) is 1.34. The molecular weight excluding hydrogens is 268 g/mol. The van der Waals surface area contributed by atoms with Crippen LogP contribution in [0.3, 0.4) is 0 Å². The summed E-state index contributed by atoms with van der Waals surface area (Å²) in [4.78, 5) is 24.7. The first-order valence-electron chi connectivity index (χ1n) is 7.29. The molecule has 0 radical (unpaired) electrons. The average molecular weight is 290 g/mol. The minimum absolute atomic E-state index is 0.0390. The monoisotopic (exact) mass is 290 g/mol. The number of fused-ring (bicyclic) bond motifs is 1. The lowest BCUT2D eigenvalue weighted by Gasteiger charge is -2.18. The van der Waals surface area contributed by atoms with Crippen molar-refractivity contribution in [2.24, 2.45) is 0 Å². The summed E-state index contributed by atoms with van der Waals surface area (Å²) in [7, 11) is 1.71. The van der Waals surface area contributed by atoms with Crippen molar-refractivity contribution in [1.82, 2.24) is 4.90 Å². The van der Waals surface area contributed by atoms with Gasteiger partial charge in [0.1, 0.15) is 0 Å². The predicted molar refractivity (Wildman–Crippen MR) is 81.0 cm³/mol. The lowest BCUT2D eigenvalue weighted by molar-refractivity contribution is -0.131. The quantitative estimate of drug-likeness (QED) is 0.830. The van der Waals surface area contributed by atoms with Crippen LogP contribution < -0.4 is 5.32 Å². The molecule has 21 heavy (non-hydrogen) atoms. The molecule has 1 unspecified atom stereocenters. The topological polar surface area (TPSA) is 69.6 Å². The van der Waals surface area contributed by atoms with Gasteiger partial charge >= 0.3 is 0 Å². The van der Waals surface area contributed by atoms with Crippen LogP contribution in [0.4, 0.5) is 5.69 Å². The van der Waals surface area contributed by atoms with E-state index in [1.54, 1.807) is 18.9 Å². The van der Waals surface area contributed by atoms with Crippen LogP contribution in [-0.4, -0.2) is 41.5 Å². The molecule has 1 atom stereocenters. The van der Waals surface area contributed by atoms with Gasteiger partial charge in [0.15, 0.2) is 0 Å². The second-order valence-corrected chi connectivity index (χ2v) is 5.69. The number of hydrogen-bond donors (Lipinski definition) is 2. The summed E-state index contributed by atoms with van der Waals surface area (Å²) in [6.07, 6.45) is 2.00. The molecule has 5 heteroatoms. The standard InChI is InChI=1S/C16H22N2O3/c1-11(19)10-18(2)16(21)5-3-4-12-6-7-14-13(8-12)9-15(20)17-14/h6-8,11,19H,3-5,9-10H2,1-2H3,(H,17,20). The van der Waals surface area contributed by atoms with Gasteiger partial charge in [0.05, 0.1) is 12.5 Å². The van der Waals surface area contributed by atoms with Gasteiger partial charge in [-0.1, -0.05) is 12.1 Å². The Balaban J connectivity index is 1.80. The SMILES string of the molecule is CC(O)CN(C)C(=O)CCCc1ccc2c(c1)CC(=O)N2. The summed E-state index contributed by atoms with van der Waals surface area (Å²) >= 11 is 0.